The van der Waals surface area contributed by atoms with Gasteiger partial charge in [0.2, 0.25) is 5.95 Å². The quantitative estimate of drug-likeness (QED) is 0.707. The van der Waals surface area contributed by atoms with E-state index in [2.05, 4.69) is 20.4 Å². The molecule has 3 aromatic rings. The fourth-order valence-electron chi connectivity index (χ4n) is 2.27. The van der Waals surface area contributed by atoms with Crippen LogP contribution in [-0.2, 0) is 13.2 Å². The zero-order valence-electron chi connectivity index (χ0n) is 12.9. The Morgan fingerprint density at radius 3 is 2.74 bits per heavy atom. The highest BCUT2D eigenvalue weighted by Crippen LogP contribution is 2.27. The SMILES string of the molecule is COc1ccc(CNc2ncc(CO)c3ncnn23)cc1OC. The van der Waals surface area contributed by atoms with Crippen LogP contribution < -0.4 is 14.8 Å². The Morgan fingerprint density at radius 2 is 2.00 bits per heavy atom. The molecule has 2 aromatic heterocycles. The molecule has 0 aliphatic rings. The molecule has 0 aliphatic heterocycles. The van der Waals surface area contributed by atoms with Crippen LogP contribution in [0.4, 0.5) is 5.95 Å². The van der Waals surface area contributed by atoms with Gasteiger partial charge in [0.1, 0.15) is 6.33 Å². The standard InChI is InChI=1S/C15H17N5O3/c1-22-12-4-3-10(5-13(12)23-2)6-16-15-17-7-11(8-21)14-18-9-19-20(14)15/h3-5,7,9,21H,6,8H2,1-2H3,(H,16,17). The van der Waals surface area contributed by atoms with Crippen LogP contribution in [0, 0.1) is 0 Å². The van der Waals surface area contributed by atoms with Crippen molar-refractivity contribution in [3.63, 3.8) is 0 Å². The van der Waals surface area contributed by atoms with Gasteiger partial charge in [-0.15, -0.1) is 0 Å². The largest absolute Gasteiger partial charge is 0.493 e. The molecule has 8 heteroatoms. The minimum atomic E-state index is -0.134. The van der Waals surface area contributed by atoms with E-state index in [1.807, 2.05) is 18.2 Å². The number of rotatable bonds is 6. The van der Waals surface area contributed by atoms with Gasteiger partial charge < -0.3 is 19.9 Å². The summed E-state index contributed by atoms with van der Waals surface area (Å²) in [6.45, 7) is 0.395. The first-order valence-corrected chi connectivity index (χ1v) is 7.00. The van der Waals surface area contributed by atoms with Gasteiger partial charge in [0.25, 0.3) is 0 Å². The van der Waals surface area contributed by atoms with Gasteiger partial charge in [-0.1, -0.05) is 6.07 Å². The Labute approximate surface area is 132 Å². The fourth-order valence-corrected chi connectivity index (χ4v) is 2.27. The van der Waals surface area contributed by atoms with E-state index < -0.39 is 0 Å². The van der Waals surface area contributed by atoms with E-state index in [9.17, 15) is 5.11 Å². The van der Waals surface area contributed by atoms with Crippen molar-refractivity contribution < 1.29 is 14.6 Å². The summed E-state index contributed by atoms with van der Waals surface area (Å²) in [6.07, 6.45) is 3.01. The van der Waals surface area contributed by atoms with Crippen molar-refractivity contribution >= 4 is 11.6 Å². The molecule has 8 nitrogen and oxygen atoms in total. The molecule has 3 rings (SSSR count). The molecule has 0 spiro atoms. The van der Waals surface area contributed by atoms with Gasteiger partial charge in [0.05, 0.1) is 20.8 Å². The van der Waals surface area contributed by atoms with Crippen LogP contribution in [0.25, 0.3) is 5.65 Å². The number of ether oxygens (including phenoxy) is 2. The summed E-state index contributed by atoms with van der Waals surface area (Å²) in [5.74, 6) is 1.89. The first kappa shape index (κ1) is 15.0. The molecule has 0 radical (unpaired) electrons. The molecule has 0 atom stereocenters. The lowest BCUT2D eigenvalue weighted by molar-refractivity contribution is 0.282. The normalized spacial score (nSPS) is 10.7. The second-order valence-corrected chi connectivity index (χ2v) is 4.80. The number of hydrogen-bond donors (Lipinski definition) is 2. The van der Waals surface area contributed by atoms with Gasteiger partial charge >= 0.3 is 0 Å². The lowest BCUT2D eigenvalue weighted by Crippen LogP contribution is -2.09. The van der Waals surface area contributed by atoms with Crippen molar-refractivity contribution in [3.8, 4) is 11.5 Å². The summed E-state index contributed by atoms with van der Waals surface area (Å²) < 4.78 is 12.1. The van der Waals surface area contributed by atoms with Gasteiger partial charge in [-0.3, -0.25) is 0 Å². The monoisotopic (exact) mass is 315 g/mol. The number of hydrogen-bond acceptors (Lipinski definition) is 7. The van der Waals surface area contributed by atoms with Crippen LogP contribution in [0.1, 0.15) is 11.1 Å². The molecule has 1 aromatic carbocycles. The molecule has 0 bridgehead atoms. The van der Waals surface area contributed by atoms with Crippen molar-refractivity contribution in [2.45, 2.75) is 13.2 Å². The summed E-state index contributed by atoms with van der Waals surface area (Å²) in [4.78, 5) is 8.41. The van der Waals surface area contributed by atoms with Gasteiger partial charge in [-0.05, 0) is 17.7 Å². The third-order valence-corrected chi connectivity index (χ3v) is 3.45. The summed E-state index contributed by atoms with van der Waals surface area (Å²) in [7, 11) is 3.20. The molecule has 0 saturated carbocycles. The number of fused-ring (bicyclic) bond motifs is 1. The van der Waals surface area contributed by atoms with E-state index >= 15 is 0 Å². The Hall–Kier alpha value is -2.87. The highest BCUT2D eigenvalue weighted by molar-refractivity contribution is 5.50. The average molecular weight is 315 g/mol. The van der Waals surface area contributed by atoms with Crippen molar-refractivity contribution in [1.82, 2.24) is 19.6 Å². The first-order valence-electron chi connectivity index (χ1n) is 7.00. The Balaban J connectivity index is 1.82. The average Bonchev–Trinajstić information content (AvgIpc) is 3.09. The van der Waals surface area contributed by atoms with Crippen LogP contribution in [0.2, 0.25) is 0 Å². The molecule has 0 aliphatic carbocycles. The van der Waals surface area contributed by atoms with E-state index in [0.29, 0.717) is 35.2 Å². The lowest BCUT2D eigenvalue weighted by Gasteiger charge is -2.11. The van der Waals surface area contributed by atoms with Crippen LogP contribution in [0.5, 0.6) is 11.5 Å². The molecular weight excluding hydrogens is 298 g/mol. The van der Waals surface area contributed by atoms with Crippen molar-refractivity contribution in [1.29, 1.82) is 0 Å². The zero-order valence-corrected chi connectivity index (χ0v) is 12.9. The van der Waals surface area contributed by atoms with Gasteiger partial charge in [0, 0.05) is 18.3 Å². The minimum Gasteiger partial charge on any atom is -0.493 e. The topological polar surface area (TPSA) is 93.8 Å². The number of aliphatic hydroxyl groups is 1. The number of nitrogens with zero attached hydrogens (tertiary/aromatic N) is 4. The predicted molar refractivity (Wildman–Crippen MR) is 83.6 cm³/mol. The highest BCUT2D eigenvalue weighted by Gasteiger charge is 2.09. The van der Waals surface area contributed by atoms with E-state index in [1.165, 1.54) is 6.33 Å². The lowest BCUT2D eigenvalue weighted by atomic mass is 10.2. The molecule has 0 fully saturated rings. The van der Waals surface area contributed by atoms with Crippen molar-refractivity contribution in [3.05, 3.63) is 41.9 Å². The molecule has 120 valence electrons. The second kappa shape index (κ2) is 6.49. The smallest absolute Gasteiger partial charge is 0.226 e. The summed E-state index contributed by atoms with van der Waals surface area (Å²) in [5.41, 5.74) is 2.21. The van der Waals surface area contributed by atoms with Gasteiger partial charge in [-0.25, -0.2) is 9.97 Å². The Kier molecular flexibility index (Phi) is 4.24. The van der Waals surface area contributed by atoms with Crippen LogP contribution in [0.3, 0.4) is 0 Å². The van der Waals surface area contributed by atoms with Crippen LogP contribution in [-0.4, -0.2) is 38.9 Å². The second-order valence-electron chi connectivity index (χ2n) is 4.80. The molecule has 0 amide bonds. The molecule has 0 unspecified atom stereocenters. The fraction of sp³-hybridized carbons (Fsp3) is 0.267. The molecule has 0 saturated heterocycles. The van der Waals surface area contributed by atoms with Crippen molar-refractivity contribution in [2.75, 3.05) is 19.5 Å². The maximum atomic E-state index is 9.29. The third-order valence-electron chi connectivity index (χ3n) is 3.45. The van der Waals surface area contributed by atoms with E-state index in [4.69, 9.17) is 9.47 Å². The number of aromatic nitrogens is 4. The number of benzene rings is 1. The summed E-state index contributed by atoms with van der Waals surface area (Å²) in [5, 5.41) is 16.6. The van der Waals surface area contributed by atoms with Gasteiger partial charge in [0.15, 0.2) is 17.1 Å². The van der Waals surface area contributed by atoms with Crippen LogP contribution in [0.15, 0.2) is 30.7 Å². The molecule has 2 N–H and O–H groups in total. The van der Waals surface area contributed by atoms with E-state index in [-0.39, 0.29) is 6.61 Å². The minimum absolute atomic E-state index is 0.134. The highest BCUT2D eigenvalue weighted by atomic mass is 16.5. The summed E-state index contributed by atoms with van der Waals surface area (Å²) in [6, 6.07) is 5.69. The van der Waals surface area contributed by atoms with Gasteiger partial charge in [-0.2, -0.15) is 9.61 Å². The van der Waals surface area contributed by atoms with E-state index in [0.717, 1.165) is 5.56 Å². The maximum Gasteiger partial charge on any atom is 0.226 e. The number of nitrogens with one attached hydrogen (secondary N) is 1. The van der Waals surface area contributed by atoms with Crippen LogP contribution >= 0.6 is 0 Å². The number of methoxy groups -OCH3 is 2. The zero-order chi connectivity index (χ0) is 16.2. The van der Waals surface area contributed by atoms with Crippen molar-refractivity contribution in [2.24, 2.45) is 0 Å². The molecule has 23 heavy (non-hydrogen) atoms. The summed E-state index contributed by atoms with van der Waals surface area (Å²) >= 11 is 0. The Bertz CT molecular complexity index is 818. The maximum absolute atomic E-state index is 9.29. The predicted octanol–water partition coefficient (Wildman–Crippen LogP) is 1.25. The first-order chi connectivity index (χ1) is 11.3. The Morgan fingerprint density at radius 1 is 1.17 bits per heavy atom. The third kappa shape index (κ3) is 2.88. The molecular formula is C15H17N5O3. The molecule has 2 heterocycles. The number of anilines is 1. The van der Waals surface area contributed by atoms with E-state index in [1.54, 1.807) is 24.9 Å². The number of aliphatic hydroxyl groups excluding tert-OH is 1.